The topological polar surface area (TPSA) is 46.5 Å². The van der Waals surface area contributed by atoms with E-state index in [0.29, 0.717) is 0 Å². The quantitative estimate of drug-likeness (QED) is 0.461. The Morgan fingerprint density at radius 3 is 2.50 bits per heavy atom. The highest BCUT2D eigenvalue weighted by Gasteiger charge is 2.12. The zero-order valence-corrected chi connectivity index (χ0v) is 10.6. The highest BCUT2D eigenvalue weighted by atomic mass is 28.3. The van der Waals surface area contributed by atoms with Crippen molar-refractivity contribution in [3.63, 3.8) is 0 Å². The van der Waals surface area contributed by atoms with Crippen molar-refractivity contribution in [1.29, 1.82) is 0 Å². The summed E-state index contributed by atoms with van der Waals surface area (Å²) in [5.41, 5.74) is 3.04. The molecule has 0 spiro atoms. The zero-order chi connectivity index (χ0) is 12.2. The molecular weight excluding hydrogens is 220 g/mol. The van der Waals surface area contributed by atoms with Gasteiger partial charge in [0.15, 0.2) is 0 Å². The van der Waals surface area contributed by atoms with Gasteiger partial charge in [0.05, 0.1) is 0 Å². The number of rotatable bonds is 1. The molecule has 0 aliphatic rings. The Morgan fingerprint density at radius 2 is 1.94 bits per heavy atom. The molecule has 1 aromatic rings. The molecule has 0 aliphatic heterocycles. The lowest BCUT2D eigenvalue weighted by molar-refractivity contribution is 0.0687. The van der Waals surface area contributed by atoms with Crippen molar-refractivity contribution in [2.45, 2.75) is 19.6 Å². The van der Waals surface area contributed by atoms with Gasteiger partial charge in [-0.05, 0) is 12.1 Å². The SMILES string of the molecule is C[Si](C)(C)C#COC(=O)c1ccccc1O. The minimum Gasteiger partial charge on any atom is -0.507 e. The number of aromatic hydroxyl groups is 1. The van der Waals surface area contributed by atoms with Gasteiger partial charge in [-0.1, -0.05) is 37.3 Å². The van der Waals surface area contributed by atoms with Crippen LogP contribution in [0.2, 0.25) is 19.6 Å². The van der Waals surface area contributed by atoms with Gasteiger partial charge in [0.2, 0.25) is 0 Å². The molecule has 0 fully saturated rings. The van der Waals surface area contributed by atoms with Gasteiger partial charge in [-0.2, -0.15) is 0 Å². The molecule has 3 nitrogen and oxygen atoms in total. The average molecular weight is 234 g/mol. The number of phenolic OH excluding ortho intramolecular Hbond substituents is 1. The second kappa shape index (κ2) is 4.86. The van der Waals surface area contributed by atoms with Crippen LogP contribution in [0.25, 0.3) is 0 Å². The number of esters is 1. The first-order valence-corrected chi connectivity index (χ1v) is 8.41. The van der Waals surface area contributed by atoms with E-state index in [0.717, 1.165) is 0 Å². The smallest absolute Gasteiger partial charge is 0.355 e. The van der Waals surface area contributed by atoms with E-state index in [4.69, 9.17) is 4.74 Å². The van der Waals surface area contributed by atoms with Gasteiger partial charge in [0.1, 0.15) is 25.5 Å². The van der Waals surface area contributed by atoms with E-state index in [1.807, 2.05) is 19.6 Å². The van der Waals surface area contributed by atoms with Gasteiger partial charge in [-0.25, -0.2) is 4.79 Å². The fourth-order valence-corrected chi connectivity index (χ4v) is 1.28. The van der Waals surface area contributed by atoms with Crippen molar-refractivity contribution in [3.05, 3.63) is 29.8 Å². The number of phenols is 1. The van der Waals surface area contributed by atoms with E-state index in [-0.39, 0.29) is 11.3 Å². The molecule has 4 heteroatoms. The summed E-state index contributed by atoms with van der Waals surface area (Å²) in [6.45, 7) is 6.15. The van der Waals surface area contributed by atoms with Crippen LogP contribution in [0, 0.1) is 11.7 Å². The predicted molar refractivity (Wildman–Crippen MR) is 64.6 cm³/mol. The van der Waals surface area contributed by atoms with Crippen LogP contribution in [-0.4, -0.2) is 19.1 Å². The zero-order valence-electron chi connectivity index (χ0n) is 9.57. The van der Waals surface area contributed by atoms with Crippen LogP contribution in [0.5, 0.6) is 5.75 Å². The maximum atomic E-state index is 11.5. The van der Waals surface area contributed by atoms with Crippen LogP contribution in [0.3, 0.4) is 0 Å². The summed E-state index contributed by atoms with van der Waals surface area (Å²) in [6.07, 6.45) is 2.40. The first-order valence-electron chi connectivity index (χ1n) is 4.91. The third-order valence-corrected chi connectivity index (χ3v) is 2.55. The van der Waals surface area contributed by atoms with Gasteiger partial charge in [-0.3, -0.25) is 0 Å². The molecule has 0 aromatic heterocycles. The average Bonchev–Trinajstić information content (AvgIpc) is 2.16. The van der Waals surface area contributed by atoms with Crippen molar-refractivity contribution in [2.75, 3.05) is 0 Å². The van der Waals surface area contributed by atoms with Crippen molar-refractivity contribution in [1.82, 2.24) is 0 Å². The van der Waals surface area contributed by atoms with Crippen LogP contribution in [-0.2, 0) is 4.74 Å². The molecule has 1 aromatic carbocycles. The Kier molecular flexibility index (Phi) is 3.75. The first-order chi connectivity index (χ1) is 7.40. The van der Waals surface area contributed by atoms with Crippen molar-refractivity contribution >= 4 is 14.0 Å². The molecule has 0 saturated heterocycles. The number of carbonyl (C=O) groups is 1. The van der Waals surface area contributed by atoms with Gasteiger partial charge < -0.3 is 9.84 Å². The Hall–Kier alpha value is -1.73. The number of ether oxygens (including phenoxy) is 1. The van der Waals surface area contributed by atoms with Crippen LogP contribution < -0.4 is 0 Å². The fraction of sp³-hybridized carbons (Fsp3) is 0.250. The number of benzene rings is 1. The molecule has 16 heavy (non-hydrogen) atoms. The Morgan fingerprint density at radius 1 is 1.31 bits per heavy atom. The third kappa shape index (κ3) is 3.79. The van der Waals surface area contributed by atoms with Crippen molar-refractivity contribution < 1.29 is 14.6 Å². The lowest BCUT2D eigenvalue weighted by atomic mass is 10.2. The summed E-state index contributed by atoms with van der Waals surface area (Å²) in [4.78, 5) is 11.5. The lowest BCUT2D eigenvalue weighted by Crippen LogP contribution is -2.16. The molecule has 0 heterocycles. The minimum absolute atomic E-state index is 0.0951. The third-order valence-electron chi connectivity index (χ3n) is 1.69. The van der Waals surface area contributed by atoms with Gasteiger partial charge in [0, 0.05) is 0 Å². The second-order valence-corrected chi connectivity index (χ2v) is 9.13. The highest BCUT2D eigenvalue weighted by Crippen LogP contribution is 2.16. The highest BCUT2D eigenvalue weighted by molar-refractivity contribution is 6.83. The monoisotopic (exact) mass is 234 g/mol. The fourth-order valence-electron chi connectivity index (χ4n) is 0.926. The second-order valence-electron chi connectivity index (χ2n) is 4.38. The van der Waals surface area contributed by atoms with Crippen LogP contribution >= 0.6 is 0 Å². The molecule has 0 amide bonds. The molecular formula is C12H14O3Si. The Labute approximate surface area is 96.1 Å². The molecule has 84 valence electrons. The largest absolute Gasteiger partial charge is 0.507 e. The molecule has 1 N–H and O–H groups in total. The number of hydrogen-bond acceptors (Lipinski definition) is 3. The van der Waals surface area contributed by atoms with E-state index in [1.54, 1.807) is 12.1 Å². The van der Waals surface area contributed by atoms with Crippen molar-refractivity contribution in [3.8, 4) is 17.4 Å². The van der Waals surface area contributed by atoms with Crippen LogP contribution in [0.4, 0.5) is 0 Å². The van der Waals surface area contributed by atoms with E-state index >= 15 is 0 Å². The number of para-hydroxylation sites is 1. The summed E-state index contributed by atoms with van der Waals surface area (Å²) < 4.78 is 4.76. The lowest BCUT2D eigenvalue weighted by Gasteiger charge is -2.03. The van der Waals surface area contributed by atoms with Crippen LogP contribution in [0.1, 0.15) is 10.4 Å². The molecule has 0 aliphatic carbocycles. The summed E-state index contributed by atoms with van der Waals surface area (Å²) in [5, 5.41) is 9.40. The number of carbonyl (C=O) groups excluding carboxylic acids is 1. The molecule has 0 saturated carbocycles. The van der Waals surface area contributed by atoms with Gasteiger partial charge in [0.25, 0.3) is 0 Å². The molecule has 0 atom stereocenters. The molecule has 0 radical (unpaired) electrons. The maximum Gasteiger partial charge on any atom is 0.355 e. The van der Waals surface area contributed by atoms with E-state index in [1.165, 1.54) is 12.1 Å². The Bertz CT molecular complexity index is 449. The van der Waals surface area contributed by atoms with Crippen molar-refractivity contribution in [2.24, 2.45) is 0 Å². The summed E-state index contributed by atoms with van der Waals surface area (Å²) in [7, 11) is -1.54. The molecule has 0 unspecified atom stereocenters. The van der Waals surface area contributed by atoms with E-state index in [2.05, 4.69) is 11.7 Å². The minimum atomic E-state index is -1.54. The van der Waals surface area contributed by atoms with E-state index < -0.39 is 14.0 Å². The van der Waals surface area contributed by atoms with Gasteiger partial charge in [-0.15, -0.1) is 0 Å². The van der Waals surface area contributed by atoms with Crippen LogP contribution in [0.15, 0.2) is 24.3 Å². The Balaban J connectivity index is 2.74. The summed E-state index contributed by atoms with van der Waals surface area (Å²) >= 11 is 0. The van der Waals surface area contributed by atoms with Gasteiger partial charge >= 0.3 is 5.97 Å². The predicted octanol–water partition coefficient (Wildman–Crippen LogP) is 2.39. The summed E-state index contributed by atoms with van der Waals surface area (Å²) in [6, 6.07) is 6.22. The normalized spacial score (nSPS) is 10.2. The van der Waals surface area contributed by atoms with E-state index in [9.17, 15) is 9.90 Å². The molecule has 1 rings (SSSR count). The maximum absolute atomic E-state index is 11.5. The summed E-state index contributed by atoms with van der Waals surface area (Å²) in [5.74, 6) is -0.717. The molecule has 0 bridgehead atoms. The standard InChI is InChI=1S/C12H14O3Si/c1-16(2,3)9-8-15-12(14)10-6-4-5-7-11(10)13/h4-7,13H,1-3H3. The number of hydrogen-bond donors (Lipinski definition) is 1. The first kappa shape index (κ1) is 12.3.